The van der Waals surface area contributed by atoms with Gasteiger partial charge in [-0.3, -0.25) is 9.59 Å². The van der Waals surface area contributed by atoms with Crippen molar-refractivity contribution in [1.29, 1.82) is 0 Å². The lowest BCUT2D eigenvalue weighted by Gasteiger charge is -2.28. The summed E-state index contributed by atoms with van der Waals surface area (Å²) < 4.78 is 12.4. The van der Waals surface area contributed by atoms with Gasteiger partial charge in [0, 0.05) is 25.0 Å². The van der Waals surface area contributed by atoms with Crippen LogP contribution >= 0.6 is 0 Å². The monoisotopic (exact) mass is 493 g/mol. The Morgan fingerprint density at radius 3 is 2.78 bits per heavy atom. The number of benzene rings is 2. The van der Waals surface area contributed by atoms with Crippen LogP contribution in [0.15, 0.2) is 54.9 Å². The maximum Gasteiger partial charge on any atom is 0.305 e. The van der Waals surface area contributed by atoms with Gasteiger partial charge in [-0.1, -0.05) is 30.3 Å². The molecule has 0 amide bonds. The third kappa shape index (κ3) is 5.77. The maximum atomic E-state index is 13.8. The summed E-state index contributed by atoms with van der Waals surface area (Å²) >= 11 is 0. The molecule has 190 valence electrons. The molecule has 36 heavy (non-hydrogen) atoms. The Labute approximate surface area is 209 Å². The second kappa shape index (κ2) is 11.9. The standard InChI is InChI=1S/C26H31N5O5/c1-2-35-24(33)9-6-14-36-23-11-10-20(31-18-28-29-30-31)15-21(23)25(34)22-16-26(12-13-32,17-27-22)19-7-4-3-5-8-19/h3-5,7-8,10-11,15,18,22,27,32H,2,6,9,12-14,16-17H2,1H3. The highest BCUT2D eigenvalue weighted by molar-refractivity contribution is 6.03. The smallest absolute Gasteiger partial charge is 0.305 e. The summed E-state index contributed by atoms with van der Waals surface area (Å²) in [5.74, 6) is 0.0469. The number of aliphatic hydroxyl groups excluding tert-OH is 1. The number of tetrazole rings is 1. The van der Waals surface area contributed by atoms with E-state index in [1.54, 1.807) is 25.1 Å². The Bertz CT molecular complexity index is 1150. The molecular weight excluding hydrogens is 462 g/mol. The predicted octanol–water partition coefficient (Wildman–Crippen LogP) is 2.25. The first-order valence-corrected chi connectivity index (χ1v) is 12.2. The van der Waals surface area contributed by atoms with Gasteiger partial charge in [0.25, 0.3) is 0 Å². The van der Waals surface area contributed by atoms with Crippen molar-refractivity contribution in [2.24, 2.45) is 0 Å². The van der Waals surface area contributed by atoms with E-state index in [0.29, 0.717) is 49.4 Å². The molecule has 0 saturated carbocycles. The van der Waals surface area contributed by atoms with E-state index < -0.39 is 6.04 Å². The van der Waals surface area contributed by atoms with Crippen molar-refractivity contribution in [2.75, 3.05) is 26.4 Å². The van der Waals surface area contributed by atoms with Crippen molar-refractivity contribution in [3.8, 4) is 11.4 Å². The summed E-state index contributed by atoms with van der Waals surface area (Å²) in [7, 11) is 0. The van der Waals surface area contributed by atoms with E-state index in [-0.39, 0.29) is 36.8 Å². The van der Waals surface area contributed by atoms with Crippen LogP contribution in [0.3, 0.4) is 0 Å². The Balaban J connectivity index is 1.55. The fourth-order valence-electron chi connectivity index (χ4n) is 4.68. The van der Waals surface area contributed by atoms with E-state index in [9.17, 15) is 14.7 Å². The van der Waals surface area contributed by atoms with E-state index >= 15 is 0 Å². The minimum absolute atomic E-state index is 0.0289. The summed E-state index contributed by atoms with van der Waals surface area (Å²) in [6, 6.07) is 14.7. The fraction of sp³-hybridized carbons (Fsp3) is 0.423. The van der Waals surface area contributed by atoms with Crippen molar-refractivity contribution >= 4 is 11.8 Å². The summed E-state index contributed by atoms with van der Waals surface area (Å²) in [5.41, 5.74) is 1.79. The molecule has 0 radical (unpaired) electrons. The molecule has 1 aromatic heterocycles. The highest BCUT2D eigenvalue weighted by Gasteiger charge is 2.43. The van der Waals surface area contributed by atoms with E-state index in [1.165, 1.54) is 11.0 Å². The molecule has 0 bridgehead atoms. The number of Topliss-reactive ketones (excluding diaryl/α,β-unsaturated/α-hetero) is 1. The van der Waals surface area contributed by atoms with Gasteiger partial charge in [-0.15, -0.1) is 5.10 Å². The molecule has 2 aromatic carbocycles. The quantitative estimate of drug-likeness (QED) is 0.222. The van der Waals surface area contributed by atoms with E-state index in [0.717, 1.165) is 5.56 Å². The molecule has 0 aliphatic carbocycles. The molecule has 4 rings (SSSR count). The van der Waals surface area contributed by atoms with Crippen molar-refractivity contribution in [3.05, 3.63) is 66.0 Å². The lowest BCUT2D eigenvalue weighted by molar-refractivity contribution is -0.143. The summed E-state index contributed by atoms with van der Waals surface area (Å²) in [5, 5.41) is 24.4. The highest BCUT2D eigenvalue weighted by atomic mass is 16.5. The number of hydrogen-bond donors (Lipinski definition) is 2. The molecule has 1 fully saturated rings. The number of nitrogens with zero attached hydrogens (tertiary/aromatic N) is 4. The number of ketones is 1. The first kappa shape index (κ1) is 25.5. The third-order valence-corrected chi connectivity index (χ3v) is 6.51. The third-order valence-electron chi connectivity index (χ3n) is 6.51. The zero-order valence-electron chi connectivity index (χ0n) is 20.3. The molecule has 2 unspecified atom stereocenters. The summed E-state index contributed by atoms with van der Waals surface area (Å²) in [4.78, 5) is 25.4. The number of hydrogen-bond acceptors (Lipinski definition) is 9. The second-order valence-corrected chi connectivity index (χ2v) is 8.81. The van der Waals surface area contributed by atoms with Crippen molar-refractivity contribution in [2.45, 2.75) is 44.1 Å². The van der Waals surface area contributed by atoms with Gasteiger partial charge in [-0.25, -0.2) is 4.68 Å². The Kier molecular flexibility index (Phi) is 8.40. The Morgan fingerprint density at radius 2 is 2.06 bits per heavy atom. The summed E-state index contributed by atoms with van der Waals surface area (Å²) in [6.07, 6.45) is 3.27. The van der Waals surface area contributed by atoms with Crippen LogP contribution < -0.4 is 10.1 Å². The van der Waals surface area contributed by atoms with Gasteiger partial charge in [0.05, 0.1) is 30.5 Å². The predicted molar refractivity (Wildman–Crippen MR) is 131 cm³/mol. The average molecular weight is 494 g/mol. The zero-order valence-corrected chi connectivity index (χ0v) is 20.3. The molecule has 10 heteroatoms. The van der Waals surface area contributed by atoms with Gasteiger partial charge >= 0.3 is 5.97 Å². The van der Waals surface area contributed by atoms with Crippen LogP contribution in [0.25, 0.3) is 5.69 Å². The number of rotatable bonds is 12. The van der Waals surface area contributed by atoms with Crippen LogP contribution in [0.1, 0.15) is 48.5 Å². The molecule has 1 aliphatic heterocycles. The Hall–Kier alpha value is -3.63. The SMILES string of the molecule is CCOC(=O)CCCOc1ccc(-n2cnnn2)cc1C(=O)C1CC(CCO)(c2ccccc2)CN1. The van der Waals surface area contributed by atoms with Crippen molar-refractivity contribution in [1.82, 2.24) is 25.5 Å². The van der Waals surface area contributed by atoms with Crippen LogP contribution in [0.5, 0.6) is 5.75 Å². The molecule has 1 aliphatic rings. The van der Waals surface area contributed by atoms with E-state index in [2.05, 4.69) is 20.8 Å². The molecule has 0 spiro atoms. The van der Waals surface area contributed by atoms with Gasteiger partial charge < -0.3 is 19.9 Å². The minimum atomic E-state index is -0.456. The van der Waals surface area contributed by atoms with Crippen LogP contribution in [-0.2, 0) is 14.9 Å². The van der Waals surface area contributed by atoms with Gasteiger partial charge in [0.1, 0.15) is 12.1 Å². The number of aliphatic hydroxyl groups is 1. The molecule has 2 atom stereocenters. The van der Waals surface area contributed by atoms with Gasteiger partial charge in [-0.2, -0.15) is 0 Å². The number of aromatic nitrogens is 4. The van der Waals surface area contributed by atoms with Gasteiger partial charge in [0.2, 0.25) is 0 Å². The van der Waals surface area contributed by atoms with Crippen molar-refractivity contribution in [3.63, 3.8) is 0 Å². The van der Waals surface area contributed by atoms with Gasteiger partial charge in [-0.05, 0) is 60.4 Å². The number of carbonyl (C=O) groups excluding carboxylic acids is 2. The van der Waals surface area contributed by atoms with E-state index in [1.807, 2.05) is 30.3 Å². The first-order valence-electron chi connectivity index (χ1n) is 12.2. The molecule has 1 saturated heterocycles. The molecule has 3 aromatic rings. The van der Waals surface area contributed by atoms with Crippen LogP contribution in [0.2, 0.25) is 0 Å². The van der Waals surface area contributed by atoms with Crippen molar-refractivity contribution < 1.29 is 24.2 Å². The number of carbonyl (C=O) groups is 2. The highest BCUT2D eigenvalue weighted by Crippen LogP contribution is 2.38. The van der Waals surface area contributed by atoms with Crippen LogP contribution in [-0.4, -0.2) is 69.5 Å². The number of ether oxygens (including phenoxy) is 2. The molecule has 2 heterocycles. The number of esters is 1. The molecular formula is C26H31N5O5. The second-order valence-electron chi connectivity index (χ2n) is 8.81. The largest absolute Gasteiger partial charge is 0.493 e. The lowest BCUT2D eigenvalue weighted by atomic mass is 9.75. The Morgan fingerprint density at radius 1 is 1.22 bits per heavy atom. The fourth-order valence-corrected chi connectivity index (χ4v) is 4.68. The van der Waals surface area contributed by atoms with Gasteiger partial charge in [0.15, 0.2) is 5.78 Å². The molecule has 2 N–H and O–H groups in total. The minimum Gasteiger partial charge on any atom is -0.493 e. The zero-order chi connectivity index (χ0) is 25.4. The van der Waals surface area contributed by atoms with Crippen LogP contribution in [0.4, 0.5) is 0 Å². The van der Waals surface area contributed by atoms with E-state index in [4.69, 9.17) is 9.47 Å². The topological polar surface area (TPSA) is 128 Å². The molecule has 10 nitrogen and oxygen atoms in total. The number of nitrogens with one attached hydrogen (secondary N) is 1. The first-order chi connectivity index (χ1) is 17.6. The van der Waals surface area contributed by atoms with Crippen LogP contribution in [0, 0.1) is 0 Å². The average Bonchev–Trinajstić information content (AvgIpc) is 3.59. The maximum absolute atomic E-state index is 13.8. The normalized spacial score (nSPS) is 19.2. The lowest BCUT2D eigenvalue weighted by Crippen LogP contribution is -2.31. The summed E-state index contributed by atoms with van der Waals surface area (Å²) in [6.45, 7) is 2.98.